The molecule has 1 N–H and O–H groups in total. The first-order valence-electron chi connectivity index (χ1n) is 6.87. The summed E-state index contributed by atoms with van der Waals surface area (Å²) in [5, 5.41) is 9.97. The second-order valence-electron chi connectivity index (χ2n) is 6.59. The van der Waals surface area contributed by atoms with Gasteiger partial charge in [0.25, 0.3) is 0 Å². The quantitative estimate of drug-likeness (QED) is 0.709. The summed E-state index contributed by atoms with van der Waals surface area (Å²) in [7, 11) is 0. The average Bonchev–Trinajstić information content (AvgIpc) is 2.24. The first-order chi connectivity index (χ1) is 7.83. The van der Waals surface area contributed by atoms with Gasteiger partial charge in [0, 0.05) is 0 Å². The normalized spacial score (nSPS) is 42.1. The van der Waals surface area contributed by atoms with E-state index in [2.05, 4.69) is 19.9 Å². The van der Waals surface area contributed by atoms with E-state index in [0.29, 0.717) is 5.92 Å². The summed E-state index contributed by atoms with van der Waals surface area (Å²) in [4.78, 5) is 0. The Bertz CT molecular complexity index is 319. The fourth-order valence-corrected chi connectivity index (χ4v) is 3.30. The van der Waals surface area contributed by atoms with Crippen LogP contribution in [0.3, 0.4) is 0 Å². The number of hydrogen-bond acceptors (Lipinski definition) is 2. The van der Waals surface area contributed by atoms with E-state index in [1.165, 1.54) is 18.4 Å². The molecule has 2 heteroatoms. The summed E-state index contributed by atoms with van der Waals surface area (Å²) >= 11 is 0. The van der Waals surface area contributed by atoms with E-state index in [0.717, 1.165) is 19.3 Å². The third-order valence-electron chi connectivity index (χ3n) is 4.71. The van der Waals surface area contributed by atoms with E-state index in [4.69, 9.17) is 4.74 Å². The summed E-state index contributed by atoms with van der Waals surface area (Å²) in [5.41, 5.74) is 1.06. The van der Waals surface area contributed by atoms with Crippen molar-refractivity contribution in [3.05, 3.63) is 11.6 Å². The number of aliphatic hydroxyl groups is 1. The molecule has 2 nitrogen and oxygen atoms in total. The minimum absolute atomic E-state index is 0.0556. The molecule has 1 heterocycles. The van der Waals surface area contributed by atoms with Crippen LogP contribution >= 0.6 is 0 Å². The fraction of sp³-hybridized carbons (Fsp3) is 0.867. The van der Waals surface area contributed by atoms with Crippen molar-refractivity contribution >= 4 is 0 Å². The molecular weight excluding hydrogens is 212 g/mol. The molecule has 0 saturated carbocycles. The van der Waals surface area contributed by atoms with Gasteiger partial charge in [-0.05, 0) is 65.7 Å². The lowest BCUT2D eigenvalue weighted by Crippen LogP contribution is -2.55. The number of aliphatic hydroxyl groups excluding tert-OH is 1. The van der Waals surface area contributed by atoms with Crippen molar-refractivity contribution in [1.29, 1.82) is 0 Å². The lowest BCUT2D eigenvalue weighted by Gasteiger charge is -2.50. The molecule has 2 aliphatic rings. The summed E-state index contributed by atoms with van der Waals surface area (Å²) < 4.78 is 6.27. The van der Waals surface area contributed by atoms with E-state index in [-0.39, 0.29) is 11.7 Å². The number of hydrogen-bond donors (Lipinski definition) is 1. The molecule has 1 aliphatic heterocycles. The monoisotopic (exact) mass is 238 g/mol. The molecule has 0 aromatic heterocycles. The molecule has 2 rings (SSSR count). The third kappa shape index (κ3) is 2.58. The van der Waals surface area contributed by atoms with Crippen LogP contribution < -0.4 is 0 Å². The van der Waals surface area contributed by atoms with Gasteiger partial charge in [0.15, 0.2) is 0 Å². The van der Waals surface area contributed by atoms with E-state index >= 15 is 0 Å². The molecular formula is C15H26O2. The van der Waals surface area contributed by atoms with Crippen molar-refractivity contribution in [1.82, 2.24) is 0 Å². The highest BCUT2D eigenvalue weighted by atomic mass is 16.5. The molecule has 1 fully saturated rings. The Morgan fingerprint density at radius 2 is 2.00 bits per heavy atom. The van der Waals surface area contributed by atoms with Crippen molar-refractivity contribution in [2.24, 2.45) is 5.92 Å². The predicted molar refractivity (Wildman–Crippen MR) is 69.9 cm³/mol. The Balaban J connectivity index is 2.10. The van der Waals surface area contributed by atoms with Gasteiger partial charge >= 0.3 is 0 Å². The van der Waals surface area contributed by atoms with E-state index in [1.807, 2.05) is 13.8 Å². The van der Waals surface area contributed by atoms with Gasteiger partial charge in [0.1, 0.15) is 0 Å². The minimum atomic E-state index is -0.400. The van der Waals surface area contributed by atoms with E-state index in [9.17, 15) is 5.11 Å². The number of allylic oxidation sites excluding steroid dienone is 2. The van der Waals surface area contributed by atoms with Crippen LogP contribution in [0.15, 0.2) is 11.6 Å². The van der Waals surface area contributed by atoms with Gasteiger partial charge in [-0.1, -0.05) is 11.6 Å². The van der Waals surface area contributed by atoms with Gasteiger partial charge in [-0.3, -0.25) is 0 Å². The molecule has 3 atom stereocenters. The van der Waals surface area contributed by atoms with Gasteiger partial charge in [-0.2, -0.15) is 0 Å². The summed E-state index contributed by atoms with van der Waals surface area (Å²) in [5.74, 6) is 0.609. The van der Waals surface area contributed by atoms with Crippen LogP contribution in [-0.2, 0) is 4.74 Å². The number of rotatable bonds is 1. The van der Waals surface area contributed by atoms with Gasteiger partial charge < -0.3 is 9.84 Å². The second kappa shape index (κ2) is 4.40. The lowest BCUT2D eigenvalue weighted by molar-refractivity contribution is -0.233. The Hall–Kier alpha value is -0.340. The van der Waals surface area contributed by atoms with Crippen molar-refractivity contribution in [3.8, 4) is 0 Å². The molecule has 0 aromatic carbocycles. The molecule has 0 bridgehead atoms. The van der Waals surface area contributed by atoms with Crippen molar-refractivity contribution in [2.45, 2.75) is 77.1 Å². The van der Waals surface area contributed by atoms with Crippen molar-refractivity contribution in [3.63, 3.8) is 0 Å². The maximum atomic E-state index is 9.97. The fourth-order valence-electron chi connectivity index (χ4n) is 3.30. The smallest absolute Gasteiger partial charge is 0.0891 e. The van der Waals surface area contributed by atoms with Crippen LogP contribution in [0.2, 0.25) is 0 Å². The van der Waals surface area contributed by atoms with Gasteiger partial charge in [0.2, 0.25) is 0 Å². The maximum Gasteiger partial charge on any atom is 0.0891 e. The Morgan fingerprint density at radius 3 is 2.53 bits per heavy atom. The summed E-state index contributed by atoms with van der Waals surface area (Å²) in [6, 6.07) is 0. The summed E-state index contributed by atoms with van der Waals surface area (Å²) in [6.45, 7) is 8.48. The molecule has 1 saturated heterocycles. The zero-order valence-corrected chi connectivity index (χ0v) is 11.6. The SMILES string of the molecule is CC1=CCC([C@@]2(C)CC[C@H](O)C(C)(C)O2)CC1. The predicted octanol–water partition coefficient (Wildman–Crippen LogP) is 3.44. The van der Waals surface area contributed by atoms with Crippen LogP contribution in [0.1, 0.15) is 59.8 Å². The number of ether oxygens (including phenoxy) is 1. The Labute approximate surface area is 105 Å². The zero-order valence-electron chi connectivity index (χ0n) is 11.6. The molecule has 0 aromatic rings. The molecule has 0 radical (unpaired) electrons. The van der Waals surface area contributed by atoms with Crippen LogP contribution in [0.4, 0.5) is 0 Å². The average molecular weight is 238 g/mol. The minimum Gasteiger partial charge on any atom is -0.390 e. The highest BCUT2D eigenvalue weighted by molar-refractivity contribution is 5.07. The maximum absolute atomic E-state index is 9.97. The van der Waals surface area contributed by atoms with E-state index in [1.54, 1.807) is 0 Å². The van der Waals surface area contributed by atoms with Crippen LogP contribution in [0.25, 0.3) is 0 Å². The molecule has 17 heavy (non-hydrogen) atoms. The largest absolute Gasteiger partial charge is 0.390 e. The molecule has 1 unspecified atom stereocenters. The highest BCUT2D eigenvalue weighted by Crippen LogP contribution is 2.44. The first-order valence-corrected chi connectivity index (χ1v) is 6.87. The first kappa shape index (κ1) is 13.1. The van der Waals surface area contributed by atoms with Gasteiger partial charge in [-0.25, -0.2) is 0 Å². The highest BCUT2D eigenvalue weighted by Gasteiger charge is 2.46. The van der Waals surface area contributed by atoms with Gasteiger partial charge in [-0.15, -0.1) is 0 Å². The van der Waals surface area contributed by atoms with Crippen LogP contribution in [-0.4, -0.2) is 22.4 Å². The second-order valence-corrected chi connectivity index (χ2v) is 6.59. The molecule has 98 valence electrons. The van der Waals surface area contributed by atoms with Crippen LogP contribution in [0.5, 0.6) is 0 Å². The third-order valence-corrected chi connectivity index (χ3v) is 4.71. The van der Waals surface area contributed by atoms with Crippen molar-refractivity contribution < 1.29 is 9.84 Å². The standard InChI is InChI=1S/C15H26O2/c1-11-5-7-12(8-6-11)15(4)10-9-13(16)14(2,3)17-15/h5,12-13,16H,6-10H2,1-4H3/t12?,13-,15+/m0/s1. The molecule has 1 aliphatic carbocycles. The Morgan fingerprint density at radius 1 is 1.29 bits per heavy atom. The lowest BCUT2D eigenvalue weighted by atomic mass is 9.73. The molecule has 0 spiro atoms. The summed E-state index contributed by atoms with van der Waals surface area (Å²) in [6.07, 6.45) is 7.45. The zero-order chi connectivity index (χ0) is 12.7. The molecule has 0 amide bonds. The van der Waals surface area contributed by atoms with Crippen molar-refractivity contribution in [2.75, 3.05) is 0 Å². The van der Waals surface area contributed by atoms with Crippen LogP contribution in [0, 0.1) is 5.92 Å². The topological polar surface area (TPSA) is 29.5 Å². The van der Waals surface area contributed by atoms with E-state index < -0.39 is 5.60 Å². The van der Waals surface area contributed by atoms with Gasteiger partial charge in [0.05, 0.1) is 17.3 Å². The Kier molecular flexibility index (Phi) is 3.39.